The molecule has 1 heterocycles. The van der Waals surface area contributed by atoms with Gasteiger partial charge in [0.2, 0.25) is 0 Å². The van der Waals surface area contributed by atoms with Crippen LogP contribution in [0.25, 0.3) is 0 Å². The molecule has 3 nitrogen and oxygen atoms in total. The van der Waals surface area contributed by atoms with Crippen LogP contribution in [0.5, 0.6) is 0 Å². The normalized spacial score (nSPS) is 34.7. The Morgan fingerprint density at radius 3 is 2.28 bits per heavy atom. The number of hydrogen-bond acceptors (Lipinski definition) is 3. The zero-order valence-corrected chi connectivity index (χ0v) is 12.9. The van der Waals surface area contributed by atoms with Crippen LogP contribution < -0.4 is 5.32 Å². The summed E-state index contributed by atoms with van der Waals surface area (Å²) in [5.74, 6) is 0.706. The number of fused-ring (bicyclic) bond motifs is 1. The zero-order valence-electron chi connectivity index (χ0n) is 12.9. The second-order valence-corrected chi connectivity index (χ2v) is 8.05. The number of rotatable bonds is 1. The Hall–Kier alpha value is -0.120. The van der Waals surface area contributed by atoms with Crippen molar-refractivity contribution in [3.63, 3.8) is 0 Å². The van der Waals surface area contributed by atoms with Crippen molar-refractivity contribution >= 4 is 0 Å². The predicted molar refractivity (Wildman–Crippen MR) is 75.6 cm³/mol. The first kappa shape index (κ1) is 14.3. The average Bonchev–Trinajstić information content (AvgIpc) is 2.53. The molecule has 1 N–H and O–H groups in total. The lowest BCUT2D eigenvalue weighted by Crippen LogP contribution is -2.51. The molecule has 0 aromatic rings. The SMILES string of the molecule is CC(C)(C)NC1CC2CN(C(C)(C)C)COC2C1. The standard InChI is InChI=1S/C15H30N2O/c1-14(2,3)16-12-7-11-9-17(15(4,5)6)10-18-13(11)8-12/h11-13,16H,7-10H2,1-6H3. The minimum Gasteiger partial charge on any atom is -0.362 e. The Morgan fingerprint density at radius 2 is 1.72 bits per heavy atom. The summed E-state index contributed by atoms with van der Waals surface area (Å²) in [7, 11) is 0. The highest BCUT2D eigenvalue weighted by Gasteiger charge is 2.41. The molecule has 1 saturated heterocycles. The maximum atomic E-state index is 6.07. The highest BCUT2D eigenvalue weighted by atomic mass is 16.5. The van der Waals surface area contributed by atoms with Crippen molar-refractivity contribution in [3.8, 4) is 0 Å². The van der Waals surface area contributed by atoms with Crippen molar-refractivity contribution in [2.24, 2.45) is 5.92 Å². The van der Waals surface area contributed by atoms with Gasteiger partial charge in [-0.25, -0.2) is 0 Å². The minimum absolute atomic E-state index is 0.210. The van der Waals surface area contributed by atoms with Gasteiger partial charge < -0.3 is 10.1 Å². The smallest absolute Gasteiger partial charge is 0.0998 e. The minimum atomic E-state index is 0.210. The molecule has 2 fully saturated rings. The quantitative estimate of drug-likeness (QED) is 0.778. The van der Waals surface area contributed by atoms with Crippen LogP contribution in [0.1, 0.15) is 54.4 Å². The van der Waals surface area contributed by atoms with Gasteiger partial charge in [0.25, 0.3) is 0 Å². The molecule has 0 radical (unpaired) electrons. The predicted octanol–water partition coefficient (Wildman–Crippen LogP) is 2.61. The van der Waals surface area contributed by atoms with Gasteiger partial charge in [-0.15, -0.1) is 0 Å². The van der Waals surface area contributed by atoms with Crippen LogP contribution in [0.3, 0.4) is 0 Å². The van der Waals surface area contributed by atoms with E-state index in [1.54, 1.807) is 0 Å². The lowest BCUT2D eigenvalue weighted by atomic mass is 9.98. The third-order valence-corrected chi connectivity index (χ3v) is 4.12. The molecule has 3 unspecified atom stereocenters. The second kappa shape index (κ2) is 4.77. The van der Waals surface area contributed by atoms with Crippen LogP contribution in [0.4, 0.5) is 0 Å². The average molecular weight is 254 g/mol. The van der Waals surface area contributed by atoms with Gasteiger partial charge in [-0.2, -0.15) is 0 Å². The van der Waals surface area contributed by atoms with Gasteiger partial charge >= 0.3 is 0 Å². The number of nitrogens with one attached hydrogen (secondary N) is 1. The molecule has 0 aromatic carbocycles. The molecule has 0 bridgehead atoms. The van der Waals surface area contributed by atoms with Gasteiger partial charge in [-0.1, -0.05) is 0 Å². The van der Waals surface area contributed by atoms with Crippen molar-refractivity contribution < 1.29 is 4.74 Å². The zero-order chi connectivity index (χ0) is 13.6. The summed E-state index contributed by atoms with van der Waals surface area (Å²) in [6.07, 6.45) is 2.91. The van der Waals surface area contributed by atoms with Crippen LogP contribution in [0, 0.1) is 5.92 Å². The van der Waals surface area contributed by atoms with Crippen molar-refractivity contribution in [1.29, 1.82) is 0 Å². The lowest BCUT2D eigenvalue weighted by Gasteiger charge is -2.42. The highest BCUT2D eigenvalue weighted by Crippen LogP contribution is 2.35. The molecule has 3 heteroatoms. The molecular weight excluding hydrogens is 224 g/mol. The van der Waals surface area contributed by atoms with Gasteiger partial charge in [-0.05, 0) is 60.3 Å². The molecule has 2 rings (SSSR count). The van der Waals surface area contributed by atoms with Crippen LogP contribution >= 0.6 is 0 Å². The molecule has 3 atom stereocenters. The molecule has 1 aliphatic heterocycles. The van der Waals surface area contributed by atoms with Crippen molar-refractivity contribution in [3.05, 3.63) is 0 Å². The fraction of sp³-hybridized carbons (Fsp3) is 1.00. The summed E-state index contributed by atoms with van der Waals surface area (Å²) < 4.78 is 6.07. The summed E-state index contributed by atoms with van der Waals surface area (Å²) in [6.45, 7) is 15.6. The van der Waals surface area contributed by atoms with E-state index in [1.165, 1.54) is 19.4 Å². The first-order chi connectivity index (χ1) is 8.15. The Balaban J connectivity index is 1.91. The van der Waals surface area contributed by atoms with Gasteiger partial charge in [0.1, 0.15) is 0 Å². The first-order valence-electron chi connectivity index (χ1n) is 7.29. The maximum absolute atomic E-state index is 6.07. The van der Waals surface area contributed by atoms with Crippen LogP contribution in [0.2, 0.25) is 0 Å². The monoisotopic (exact) mass is 254 g/mol. The van der Waals surface area contributed by atoms with E-state index in [0.717, 1.165) is 6.73 Å². The van der Waals surface area contributed by atoms with Gasteiger partial charge in [0, 0.05) is 23.7 Å². The lowest BCUT2D eigenvalue weighted by molar-refractivity contribution is -0.120. The van der Waals surface area contributed by atoms with E-state index in [0.29, 0.717) is 18.1 Å². The Bertz CT molecular complexity index is 290. The van der Waals surface area contributed by atoms with E-state index in [4.69, 9.17) is 4.74 Å². The van der Waals surface area contributed by atoms with Crippen LogP contribution in [0.15, 0.2) is 0 Å². The fourth-order valence-electron chi connectivity index (χ4n) is 3.20. The summed E-state index contributed by atoms with van der Waals surface area (Å²) in [4.78, 5) is 2.47. The largest absolute Gasteiger partial charge is 0.362 e. The molecule has 1 aliphatic carbocycles. The summed E-state index contributed by atoms with van der Waals surface area (Å²) in [5, 5.41) is 3.73. The molecular formula is C15H30N2O. The second-order valence-electron chi connectivity index (χ2n) is 8.05. The van der Waals surface area contributed by atoms with Gasteiger partial charge in [0.15, 0.2) is 0 Å². The van der Waals surface area contributed by atoms with Crippen LogP contribution in [-0.2, 0) is 4.74 Å². The molecule has 0 amide bonds. The number of nitrogens with zero attached hydrogens (tertiary/aromatic N) is 1. The third kappa shape index (κ3) is 3.46. The Morgan fingerprint density at radius 1 is 1.06 bits per heavy atom. The fourth-order valence-corrected chi connectivity index (χ4v) is 3.20. The van der Waals surface area contributed by atoms with E-state index in [1.807, 2.05) is 0 Å². The van der Waals surface area contributed by atoms with E-state index in [-0.39, 0.29) is 11.1 Å². The van der Waals surface area contributed by atoms with E-state index >= 15 is 0 Å². The van der Waals surface area contributed by atoms with Crippen molar-refractivity contribution in [2.75, 3.05) is 13.3 Å². The van der Waals surface area contributed by atoms with E-state index in [2.05, 4.69) is 51.8 Å². The van der Waals surface area contributed by atoms with E-state index in [9.17, 15) is 0 Å². The first-order valence-corrected chi connectivity index (χ1v) is 7.29. The molecule has 1 saturated carbocycles. The molecule has 2 aliphatic rings. The molecule has 18 heavy (non-hydrogen) atoms. The summed E-state index contributed by atoms with van der Waals surface area (Å²) >= 11 is 0. The van der Waals surface area contributed by atoms with Crippen LogP contribution in [-0.4, -0.2) is 41.4 Å². The topological polar surface area (TPSA) is 24.5 Å². The van der Waals surface area contributed by atoms with Gasteiger partial charge in [0.05, 0.1) is 12.8 Å². The maximum Gasteiger partial charge on any atom is 0.0998 e. The third-order valence-electron chi connectivity index (χ3n) is 4.12. The molecule has 0 spiro atoms. The molecule has 0 aromatic heterocycles. The Labute approximate surface area is 112 Å². The highest BCUT2D eigenvalue weighted by molar-refractivity contribution is 4.95. The van der Waals surface area contributed by atoms with Crippen molar-refractivity contribution in [1.82, 2.24) is 10.2 Å². The van der Waals surface area contributed by atoms with Gasteiger partial charge in [-0.3, -0.25) is 4.90 Å². The summed E-state index contributed by atoms with van der Waals surface area (Å²) in [6, 6.07) is 0.625. The molecule has 106 valence electrons. The summed E-state index contributed by atoms with van der Waals surface area (Å²) in [5.41, 5.74) is 0.433. The van der Waals surface area contributed by atoms with Crippen molar-refractivity contribution in [2.45, 2.75) is 77.6 Å². The number of hydrogen-bond donors (Lipinski definition) is 1. The number of ether oxygens (including phenoxy) is 1. The van der Waals surface area contributed by atoms with E-state index < -0.39 is 0 Å². The Kier molecular flexibility index (Phi) is 3.79.